The standard InChI is InChI=1S/C15H25N3OS/c1-5-15(6-2,20-4)10-18-13-9-11(14(19)17-3)7-8-12(13)16/h7-9,18H,5-6,10,16H2,1-4H3,(H,17,19). The minimum absolute atomic E-state index is 0.102. The van der Waals surface area contributed by atoms with Gasteiger partial charge in [0.1, 0.15) is 0 Å². The minimum atomic E-state index is -0.102. The second-order valence-corrected chi connectivity index (χ2v) is 6.10. The van der Waals surface area contributed by atoms with Gasteiger partial charge in [-0.2, -0.15) is 11.8 Å². The van der Waals surface area contributed by atoms with Gasteiger partial charge >= 0.3 is 0 Å². The van der Waals surface area contributed by atoms with Crippen LogP contribution < -0.4 is 16.4 Å². The molecule has 0 aliphatic heterocycles. The summed E-state index contributed by atoms with van der Waals surface area (Å²) in [5, 5.41) is 6.02. The van der Waals surface area contributed by atoms with E-state index in [0.717, 1.165) is 25.1 Å². The van der Waals surface area contributed by atoms with Gasteiger partial charge in [0.25, 0.3) is 5.91 Å². The Morgan fingerprint density at radius 2 is 2.00 bits per heavy atom. The largest absolute Gasteiger partial charge is 0.397 e. The Balaban J connectivity index is 2.89. The molecule has 0 unspecified atom stereocenters. The van der Waals surface area contributed by atoms with Crippen molar-refractivity contribution in [3.63, 3.8) is 0 Å². The van der Waals surface area contributed by atoms with E-state index in [-0.39, 0.29) is 10.7 Å². The number of nitrogens with one attached hydrogen (secondary N) is 2. The quantitative estimate of drug-likeness (QED) is 0.677. The molecule has 0 radical (unpaired) electrons. The van der Waals surface area contributed by atoms with Crippen LogP contribution in [0.25, 0.3) is 0 Å². The van der Waals surface area contributed by atoms with Crippen LogP contribution in [0, 0.1) is 0 Å². The molecule has 0 bridgehead atoms. The van der Waals surface area contributed by atoms with Gasteiger partial charge in [-0.05, 0) is 37.3 Å². The molecule has 0 aliphatic rings. The lowest BCUT2D eigenvalue weighted by Gasteiger charge is -2.30. The first-order chi connectivity index (χ1) is 9.51. The maximum Gasteiger partial charge on any atom is 0.251 e. The summed E-state index contributed by atoms with van der Waals surface area (Å²) >= 11 is 1.87. The Morgan fingerprint density at radius 1 is 1.35 bits per heavy atom. The zero-order valence-electron chi connectivity index (χ0n) is 12.7. The second-order valence-electron chi connectivity index (χ2n) is 4.83. The highest BCUT2D eigenvalue weighted by Crippen LogP contribution is 2.31. The number of benzene rings is 1. The van der Waals surface area contributed by atoms with Gasteiger partial charge in [0.15, 0.2) is 0 Å². The summed E-state index contributed by atoms with van der Waals surface area (Å²) in [5.74, 6) is -0.102. The molecule has 4 nitrogen and oxygen atoms in total. The fourth-order valence-corrected chi connectivity index (χ4v) is 2.91. The van der Waals surface area contributed by atoms with Crippen molar-refractivity contribution >= 4 is 29.0 Å². The van der Waals surface area contributed by atoms with E-state index < -0.39 is 0 Å². The maximum atomic E-state index is 11.7. The van der Waals surface area contributed by atoms with Crippen LogP contribution in [0.3, 0.4) is 0 Å². The molecule has 0 saturated carbocycles. The van der Waals surface area contributed by atoms with E-state index in [2.05, 4.69) is 30.7 Å². The summed E-state index contributed by atoms with van der Waals surface area (Å²) < 4.78 is 0.204. The predicted octanol–water partition coefficient (Wildman–Crippen LogP) is 2.96. The fraction of sp³-hybridized carbons (Fsp3) is 0.533. The number of nitrogen functional groups attached to an aromatic ring is 1. The first kappa shape index (κ1) is 16.7. The predicted molar refractivity (Wildman–Crippen MR) is 89.6 cm³/mol. The lowest BCUT2D eigenvalue weighted by atomic mass is 10.0. The molecule has 5 heteroatoms. The number of carbonyl (C=O) groups excluding carboxylic acids is 1. The average molecular weight is 295 g/mol. The van der Waals surface area contributed by atoms with Gasteiger partial charge < -0.3 is 16.4 Å². The van der Waals surface area contributed by atoms with Gasteiger partial charge in [0.05, 0.1) is 11.4 Å². The molecule has 1 aromatic carbocycles. The highest BCUT2D eigenvalue weighted by atomic mass is 32.2. The van der Waals surface area contributed by atoms with Crippen LogP contribution in [0.4, 0.5) is 11.4 Å². The molecular weight excluding hydrogens is 270 g/mol. The van der Waals surface area contributed by atoms with E-state index in [1.54, 1.807) is 19.2 Å². The minimum Gasteiger partial charge on any atom is -0.397 e. The maximum absolute atomic E-state index is 11.7. The Labute approximate surface area is 125 Å². The summed E-state index contributed by atoms with van der Waals surface area (Å²) in [6, 6.07) is 5.32. The van der Waals surface area contributed by atoms with Crippen molar-refractivity contribution in [2.24, 2.45) is 0 Å². The third-order valence-electron chi connectivity index (χ3n) is 3.87. The SMILES string of the molecule is CCC(CC)(CNc1cc(C(=O)NC)ccc1N)SC. The Bertz CT molecular complexity index is 450. The number of hydrogen-bond donors (Lipinski definition) is 3. The normalized spacial score (nSPS) is 11.2. The van der Waals surface area contributed by atoms with Crippen molar-refractivity contribution in [1.29, 1.82) is 0 Å². The lowest BCUT2D eigenvalue weighted by Crippen LogP contribution is -2.32. The summed E-state index contributed by atoms with van der Waals surface area (Å²) in [6.07, 6.45) is 4.32. The zero-order valence-corrected chi connectivity index (χ0v) is 13.6. The average Bonchev–Trinajstić information content (AvgIpc) is 2.50. The van der Waals surface area contributed by atoms with E-state index in [9.17, 15) is 4.79 Å². The number of amides is 1. The molecule has 1 aromatic rings. The van der Waals surface area contributed by atoms with Gasteiger partial charge in [-0.3, -0.25) is 4.79 Å². The van der Waals surface area contributed by atoms with E-state index in [1.165, 1.54) is 0 Å². The molecule has 0 saturated heterocycles. The first-order valence-corrected chi connectivity index (χ1v) is 8.15. The first-order valence-electron chi connectivity index (χ1n) is 6.92. The van der Waals surface area contributed by atoms with Crippen LogP contribution in [0.2, 0.25) is 0 Å². The molecule has 0 fully saturated rings. The molecular formula is C15H25N3OS. The van der Waals surface area contributed by atoms with E-state index >= 15 is 0 Å². The number of hydrogen-bond acceptors (Lipinski definition) is 4. The number of rotatable bonds is 7. The van der Waals surface area contributed by atoms with Crippen LogP contribution in [-0.4, -0.2) is 30.5 Å². The smallest absolute Gasteiger partial charge is 0.251 e. The molecule has 0 aliphatic carbocycles. The van der Waals surface area contributed by atoms with Crippen molar-refractivity contribution in [3.05, 3.63) is 23.8 Å². The van der Waals surface area contributed by atoms with Crippen LogP contribution >= 0.6 is 11.8 Å². The summed E-state index contributed by atoms with van der Waals surface area (Å²) in [6.45, 7) is 5.24. The molecule has 4 N–H and O–H groups in total. The third kappa shape index (κ3) is 3.82. The summed E-state index contributed by atoms with van der Waals surface area (Å²) in [7, 11) is 1.62. The Hall–Kier alpha value is -1.36. The van der Waals surface area contributed by atoms with Crippen LogP contribution in [0.1, 0.15) is 37.0 Å². The molecule has 1 amide bonds. The van der Waals surface area contributed by atoms with Crippen molar-refractivity contribution in [3.8, 4) is 0 Å². The number of thioether (sulfide) groups is 1. The molecule has 20 heavy (non-hydrogen) atoms. The molecule has 112 valence electrons. The third-order valence-corrected chi connectivity index (χ3v) is 5.45. The summed E-state index contributed by atoms with van der Waals surface area (Å²) in [4.78, 5) is 11.7. The monoisotopic (exact) mass is 295 g/mol. The van der Waals surface area contributed by atoms with Crippen LogP contribution in [0.5, 0.6) is 0 Å². The van der Waals surface area contributed by atoms with E-state index in [0.29, 0.717) is 11.3 Å². The highest BCUT2D eigenvalue weighted by molar-refractivity contribution is 8.00. The highest BCUT2D eigenvalue weighted by Gasteiger charge is 2.24. The van der Waals surface area contributed by atoms with Gasteiger partial charge in [0, 0.05) is 23.9 Å². The summed E-state index contributed by atoms with van der Waals surface area (Å²) in [5.41, 5.74) is 8.09. The molecule has 0 atom stereocenters. The van der Waals surface area contributed by atoms with Crippen molar-refractivity contribution in [2.45, 2.75) is 31.4 Å². The number of anilines is 2. The lowest BCUT2D eigenvalue weighted by molar-refractivity contribution is 0.0963. The van der Waals surface area contributed by atoms with Crippen molar-refractivity contribution in [1.82, 2.24) is 5.32 Å². The Kier molecular flexibility index (Phi) is 6.20. The molecule has 1 rings (SSSR count). The second kappa shape index (κ2) is 7.43. The topological polar surface area (TPSA) is 67.2 Å². The van der Waals surface area contributed by atoms with Crippen LogP contribution in [0.15, 0.2) is 18.2 Å². The van der Waals surface area contributed by atoms with Gasteiger partial charge in [-0.25, -0.2) is 0 Å². The number of carbonyl (C=O) groups is 1. The Morgan fingerprint density at radius 3 is 2.50 bits per heavy atom. The van der Waals surface area contributed by atoms with Gasteiger partial charge in [0.2, 0.25) is 0 Å². The van der Waals surface area contributed by atoms with Crippen molar-refractivity contribution in [2.75, 3.05) is 30.9 Å². The van der Waals surface area contributed by atoms with Crippen LogP contribution in [-0.2, 0) is 0 Å². The van der Waals surface area contributed by atoms with Gasteiger partial charge in [-0.15, -0.1) is 0 Å². The van der Waals surface area contributed by atoms with E-state index in [1.807, 2.05) is 17.8 Å². The van der Waals surface area contributed by atoms with Gasteiger partial charge in [-0.1, -0.05) is 13.8 Å². The fourth-order valence-electron chi connectivity index (χ4n) is 2.11. The number of nitrogens with two attached hydrogens (primary N) is 1. The molecule has 0 spiro atoms. The molecule has 0 heterocycles. The zero-order chi connectivity index (χ0) is 15.2. The van der Waals surface area contributed by atoms with Crippen molar-refractivity contribution < 1.29 is 4.79 Å². The van der Waals surface area contributed by atoms with E-state index in [4.69, 9.17) is 5.73 Å². The molecule has 0 aromatic heterocycles.